The van der Waals surface area contributed by atoms with Gasteiger partial charge in [0.1, 0.15) is 0 Å². The molecule has 1 N–H and O–H groups in total. The van der Waals surface area contributed by atoms with Crippen molar-refractivity contribution in [2.45, 2.75) is 19.0 Å². The number of carbonyl (C=O) groups is 1. The van der Waals surface area contributed by atoms with Crippen molar-refractivity contribution in [3.63, 3.8) is 0 Å². The summed E-state index contributed by atoms with van der Waals surface area (Å²) >= 11 is 3.20. The van der Waals surface area contributed by atoms with Crippen molar-refractivity contribution in [3.8, 4) is 0 Å². The lowest BCUT2D eigenvalue weighted by Gasteiger charge is -2.34. The van der Waals surface area contributed by atoms with Crippen LogP contribution in [0.5, 0.6) is 0 Å². The number of carboxylic acids is 1. The van der Waals surface area contributed by atoms with Crippen LogP contribution in [0.1, 0.15) is 12.1 Å². The molecule has 2 aromatic heterocycles. The molecule has 0 radical (unpaired) electrons. The third kappa shape index (κ3) is 3.28. The van der Waals surface area contributed by atoms with Gasteiger partial charge in [0.25, 0.3) is 5.56 Å². The van der Waals surface area contributed by atoms with Crippen LogP contribution in [-0.2, 0) is 11.3 Å². The zero-order chi connectivity index (χ0) is 14.8. The third-order valence-electron chi connectivity index (χ3n) is 3.48. The molecule has 0 bridgehead atoms. The topological polar surface area (TPSA) is 74.9 Å². The number of hydrogen-bond donors (Lipinski definition) is 1. The highest BCUT2D eigenvalue weighted by atomic mass is 32.2. The minimum absolute atomic E-state index is 0.00448. The summed E-state index contributed by atoms with van der Waals surface area (Å²) < 4.78 is 1.52. The van der Waals surface area contributed by atoms with Gasteiger partial charge in [0.2, 0.25) is 0 Å². The quantitative estimate of drug-likeness (QED) is 0.909. The van der Waals surface area contributed by atoms with Gasteiger partial charge in [-0.2, -0.15) is 11.8 Å². The van der Waals surface area contributed by atoms with Gasteiger partial charge in [-0.1, -0.05) is 0 Å². The predicted molar refractivity (Wildman–Crippen MR) is 83.1 cm³/mol. The molecular formula is C13H15N3O3S2. The first-order chi connectivity index (χ1) is 10.1. The van der Waals surface area contributed by atoms with Crippen LogP contribution in [0.25, 0.3) is 4.96 Å². The summed E-state index contributed by atoms with van der Waals surface area (Å²) in [6.45, 7) is 1.36. The molecule has 1 atom stereocenters. The Morgan fingerprint density at radius 3 is 3.19 bits per heavy atom. The average molecular weight is 325 g/mol. The number of rotatable bonds is 4. The summed E-state index contributed by atoms with van der Waals surface area (Å²) in [5.74, 6) is 1.01. The van der Waals surface area contributed by atoms with Gasteiger partial charge in [-0.05, 0) is 0 Å². The van der Waals surface area contributed by atoms with Gasteiger partial charge in [0.05, 0.1) is 12.1 Å². The molecule has 21 heavy (non-hydrogen) atoms. The zero-order valence-electron chi connectivity index (χ0n) is 11.3. The normalized spacial score (nSPS) is 19.9. The molecular weight excluding hydrogens is 310 g/mol. The lowest BCUT2D eigenvalue weighted by molar-refractivity contribution is -0.138. The van der Waals surface area contributed by atoms with E-state index in [1.807, 2.05) is 5.38 Å². The van der Waals surface area contributed by atoms with Gasteiger partial charge < -0.3 is 5.11 Å². The molecule has 3 rings (SSSR count). The molecule has 1 aliphatic heterocycles. The number of hydrogen-bond acceptors (Lipinski definition) is 6. The Kier molecular flexibility index (Phi) is 4.27. The van der Waals surface area contributed by atoms with Gasteiger partial charge in [-0.25, -0.2) is 4.98 Å². The van der Waals surface area contributed by atoms with E-state index in [2.05, 4.69) is 9.88 Å². The number of nitrogens with zero attached hydrogens (tertiary/aromatic N) is 3. The first-order valence-corrected chi connectivity index (χ1v) is 8.66. The van der Waals surface area contributed by atoms with E-state index < -0.39 is 5.97 Å². The Bertz CT molecular complexity index is 712. The van der Waals surface area contributed by atoms with E-state index in [4.69, 9.17) is 5.11 Å². The fourth-order valence-corrected chi connectivity index (χ4v) is 4.33. The van der Waals surface area contributed by atoms with Crippen molar-refractivity contribution in [3.05, 3.63) is 33.7 Å². The van der Waals surface area contributed by atoms with Crippen LogP contribution in [0, 0.1) is 0 Å². The average Bonchev–Trinajstić information content (AvgIpc) is 2.89. The second-order valence-electron chi connectivity index (χ2n) is 4.94. The first-order valence-electron chi connectivity index (χ1n) is 6.63. The number of carboxylic acid groups (broad SMARTS) is 1. The number of aliphatic carboxylic acids is 1. The molecule has 112 valence electrons. The number of fused-ring (bicyclic) bond motifs is 1. The Labute approximate surface area is 129 Å². The lowest BCUT2D eigenvalue weighted by atomic mass is 10.2. The fraction of sp³-hybridized carbons (Fsp3) is 0.462. The summed E-state index contributed by atoms with van der Waals surface area (Å²) in [6, 6.07) is 1.55. The van der Waals surface area contributed by atoms with Gasteiger partial charge in [-0.15, -0.1) is 11.3 Å². The van der Waals surface area contributed by atoms with Crippen LogP contribution in [0.4, 0.5) is 0 Å². The van der Waals surface area contributed by atoms with Crippen molar-refractivity contribution in [1.29, 1.82) is 0 Å². The second kappa shape index (κ2) is 6.17. The SMILES string of the molecule is O=C(O)CC1CSCCN1Cc1cc(=O)n2ccsc2n1. The van der Waals surface area contributed by atoms with Crippen molar-refractivity contribution < 1.29 is 9.90 Å². The molecule has 1 fully saturated rings. The standard InChI is InChI=1S/C13H15N3O3S2/c17-11-5-9(14-13-16(11)2-4-21-13)7-15-1-3-20-8-10(15)6-12(18)19/h2,4-5,10H,1,3,6-8H2,(H,18,19). The van der Waals surface area contributed by atoms with E-state index in [0.717, 1.165) is 18.1 Å². The van der Waals surface area contributed by atoms with Gasteiger partial charge in [-0.3, -0.25) is 18.9 Å². The molecule has 3 heterocycles. The van der Waals surface area contributed by atoms with Gasteiger partial charge in [0, 0.05) is 48.3 Å². The summed E-state index contributed by atoms with van der Waals surface area (Å²) in [7, 11) is 0. The van der Waals surface area contributed by atoms with Gasteiger partial charge in [0.15, 0.2) is 4.96 Å². The van der Waals surface area contributed by atoms with Crippen LogP contribution in [-0.4, -0.2) is 49.5 Å². The number of thiazole rings is 1. The Morgan fingerprint density at radius 1 is 1.52 bits per heavy atom. The molecule has 0 spiro atoms. The molecule has 8 heteroatoms. The minimum atomic E-state index is -0.783. The highest BCUT2D eigenvalue weighted by Gasteiger charge is 2.25. The van der Waals surface area contributed by atoms with E-state index in [-0.39, 0.29) is 18.0 Å². The molecule has 0 amide bonds. The third-order valence-corrected chi connectivity index (χ3v) is 5.33. The molecule has 0 saturated carbocycles. The fourth-order valence-electron chi connectivity index (χ4n) is 2.46. The summed E-state index contributed by atoms with van der Waals surface area (Å²) in [5, 5.41) is 10.8. The monoisotopic (exact) mass is 325 g/mol. The van der Waals surface area contributed by atoms with Crippen molar-refractivity contribution in [2.75, 3.05) is 18.1 Å². The molecule has 1 aliphatic rings. The van der Waals surface area contributed by atoms with E-state index in [1.165, 1.54) is 15.7 Å². The summed E-state index contributed by atoms with van der Waals surface area (Å²) in [6.07, 6.45) is 1.84. The van der Waals surface area contributed by atoms with Crippen LogP contribution >= 0.6 is 23.1 Å². The van der Waals surface area contributed by atoms with E-state index in [9.17, 15) is 9.59 Å². The van der Waals surface area contributed by atoms with Crippen LogP contribution in [0.3, 0.4) is 0 Å². The number of aromatic nitrogens is 2. The minimum Gasteiger partial charge on any atom is -0.481 e. The van der Waals surface area contributed by atoms with E-state index in [1.54, 1.807) is 24.0 Å². The van der Waals surface area contributed by atoms with Crippen LogP contribution < -0.4 is 5.56 Å². The maximum atomic E-state index is 12.0. The Morgan fingerprint density at radius 2 is 2.38 bits per heavy atom. The van der Waals surface area contributed by atoms with E-state index >= 15 is 0 Å². The molecule has 2 aromatic rings. The lowest BCUT2D eigenvalue weighted by Crippen LogP contribution is -2.43. The largest absolute Gasteiger partial charge is 0.481 e. The molecule has 1 unspecified atom stereocenters. The van der Waals surface area contributed by atoms with E-state index in [0.29, 0.717) is 17.2 Å². The number of thioether (sulfide) groups is 1. The molecule has 6 nitrogen and oxygen atoms in total. The zero-order valence-corrected chi connectivity index (χ0v) is 12.9. The second-order valence-corrected chi connectivity index (χ2v) is 6.96. The summed E-state index contributed by atoms with van der Waals surface area (Å²) in [5.41, 5.74) is 0.627. The van der Waals surface area contributed by atoms with Crippen molar-refractivity contribution in [1.82, 2.24) is 14.3 Å². The van der Waals surface area contributed by atoms with Crippen molar-refractivity contribution in [2.24, 2.45) is 0 Å². The predicted octanol–water partition coefficient (Wildman–Crippen LogP) is 1.15. The maximum absolute atomic E-state index is 12.0. The smallest absolute Gasteiger partial charge is 0.304 e. The maximum Gasteiger partial charge on any atom is 0.304 e. The van der Waals surface area contributed by atoms with Gasteiger partial charge >= 0.3 is 5.97 Å². The molecule has 0 aromatic carbocycles. The summed E-state index contributed by atoms with van der Waals surface area (Å²) in [4.78, 5) is 30.2. The Hall–Kier alpha value is -1.38. The van der Waals surface area contributed by atoms with Crippen molar-refractivity contribution >= 4 is 34.0 Å². The molecule has 1 saturated heterocycles. The molecule has 0 aliphatic carbocycles. The van der Waals surface area contributed by atoms with Crippen LogP contribution in [0.2, 0.25) is 0 Å². The highest BCUT2D eigenvalue weighted by Crippen LogP contribution is 2.21. The highest BCUT2D eigenvalue weighted by molar-refractivity contribution is 7.99. The first kappa shape index (κ1) is 14.6. The Balaban J connectivity index is 1.82. The van der Waals surface area contributed by atoms with Crippen LogP contribution in [0.15, 0.2) is 22.4 Å².